The number of hydrogen-bond acceptors (Lipinski definition) is 7. The van der Waals surface area contributed by atoms with Gasteiger partial charge in [0, 0.05) is 24.2 Å². The molecule has 9 heteroatoms. The quantitative estimate of drug-likeness (QED) is 0.317. The molecular weight excluding hydrogens is 464 g/mol. The van der Waals surface area contributed by atoms with Crippen LogP contribution >= 0.6 is 23.1 Å². The summed E-state index contributed by atoms with van der Waals surface area (Å²) in [6, 6.07) is 15.1. The first-order chi connectivity index (χ1) is 15.4. The van der Waals surface area contributed by atoms with Crippen LogP contribution in [0.4, 0.5) is 5.13 Å². The van der Waals surface area contributed by atoms with E-state index in [9.17, 15) is 13.2 Å². The first-order valence-corrected chi connectivity index (χ1v) is 14.3. The lowest BCUT2D eigenvalue weighted by Crippen LogP contribution is -2.37. The molecule has 1 aromatic heterocycles. The highest BCUT2D eigenvalue weighted by Crippen LogP contribution is 2.32. The van der Waals surface area contributed by atoms with Crippen molar-refractivity contribution in [3.05, 3.63) is 48.5 Å². The van der Waals surface area contributed by atoms with Crippen LogP contribution in [0.25, 0.3) is 10.2 Å². The molecule has 0 radical (unpaired) electrons. The van der Waals surface area contributed by atoms with Crippen molar-refractivity contribution in [3.8, 4) is 0 Å². The molecule has 1 atom stereocenters. The predicted octanol–water partition coefficient (Wildman–Crippen LogP) is 4.78. The number of thiazole rings is 1. The number of carbonyl (C=O) groups excluding carboxylic acids is 1. The van der Waals surface area contributed by atoms with Gasteiger partial charge in [-0.1, -0.05) is 29.5 Å². The van der Waals surface area contributed by atoms with Crippen LogP contribution < -0.4 is 4.90 Å². The smallest absolute Gasteiger partial charge is 0.228 e. The Morgan fingerprint density at radius 3 is 2.78 bits per heavy atom. The number of aromatic nitrogens is 1. The zero-order valence-corrected chi connectivity index (χ0v) is 20.3. The molecule has 6 nitrogen and oxygen atoms in total. The van der Waals surface area contributed by atoms with Crippen LogP contribution in [0.3, 0.4) is 0 Å². The molecule has 0 aliphatic carbocycles. The molecule has 0 bridgehead atoms. The topological polar surface area (TPSA) is 76.6 Å². The molecule has 4 rings (SSSR count). The number of rotatable bonds is 9. The maximum atomic E-state index is 13.2. The number of benzene rings is 2. The minimum Gasteiger partial charge on any atom is -0.376 e. The SMILES string of the molecule is CS(=O)(=O)c1ccc2nc(N(CC3CCCO3)C(=O)CCCSc3ccccc3)sc2c1. The molecule has 1 unspecified atom stereocenters. The van der Waals surface area contributed by atoms with Crippen molar-refractivity contribution < 1.29 is 17.9 Å². The second kappa shape index (κ2) is 10.3. The zero-order chi connectivity index (χ0) is 22.6. The zero-order valence-electron chi connectivity index (χ0n) is 17.9. The van der Waals surface area contributed by atoms with Crippen LogP contribution in [-0.4, -0.2) is 50.6 Å². The Kier molecular flexibility index (Phi) is 7.50. The molecule has 3 aromatic rings. The number of amides is 1. The minimum atomic E-state index is -3.30. The van der Waals surface area contributed by atoms with E-state index in [2.05, 4.69) is 17.1 Å². The van der Waals surface area contributed by atoms with Crippen LogP contribution in [0.5, 0.6) is 0 Å². The summed E-state index contributed by atoms with van der Waals surface area (Å²) < 4.78 is 30.3. The molecule has 2 aromatic carbocycles. The van der Waals surface area contributed by atoms with Crippen molar-refractivity contribution in [2.24, 2.45) is 0 Å². The first kappa shape index (κ1) is 23.2. The number of sulfone groups is 1. The average Bonchev–Trinajstić information content (AvgIpc) is 3.44. The Hall–Kier alpha value is -1.94. The normalized spacial score (nSPS) is 16.5. The molecule has 1 aliphatic heterocycles. The Bertz CT molecular complexity index is 1170. The lowest BCUT2D eigenvalue weighted by atomic mass is 10.2. The van der Waals surface area contributed by atoms with E-state index < -0.39 is 9.84 Å². The van der Waals surface area contributed by atoms with Crippen molar-refractivity contribution in [2.75, 3.05) is 30.1 Å². The van der Waals surface area contributed by atoms with E-state index >= 15 is 0 Å². The second-order valence-corrected chi connectivity index (χ2v) is 12.0. The van der Waals surface area contributed by atoms with Gasteiger partial charge < -0.3 is 4.74 Å². The molecule has 2 heterocycles. The van der Waals surface area contributed by atoms with Gasteiger partial charge in [-0.25, -0.2) is 13.4 Å². The lowest BCUT2D eigenvalue weighted by Gasteiger charge is -2.23. The minimum absolute atomic E-state index is 0.0104. The molecule has 0 N–H and O–H groups in total. The van der Waals surface area contributed by atoms with Gasteiger partial charge in [0.1, 0.15) is 0 Å². The van der Waals surface area contributed by atoms with E-state index in [1.165, 1.54) is 22.5 Å². The summed E-state index contributed by atoms with van der Waals surface area (Å²) in [5.74, 6) is 0.887. The van der Waals surface area contributed by atoms with Gasteiger partial charge in [0.2, 0.25) is 5.91 Å². The van der Waals surface area contributed by atoms with Crippen LogP contribution in [0, 0.1) is 0 Å². The summed E-state index contributed by atoms with van der Waals surface area (Å²) in [4.78, 5) is 21.0. The van der Waals surface area contributed by atoms with Crippen molar-refractivity contribution in [1.82, 2.24) is 4.98 Å². The summed E-state index contributed by atoms with van der Waals surface area (Å²) in [6.45, 7) is 1.20. The molecule has 1 saturated heterocycles. The maximum Gasteiger partial charge on any atom is 0.228 e. The number of anilines is 1. The van der Waals surface area contributed by atoms with Crippen LogP contribution in [-0.2, 0) is 19.4 Å². The number of thioether (sulfide) groups is 1. The lowest BCUT2D eigenvalue weighted by molar-refractivity contribution is -0.119. The summed E-state index contributed by atoms with van der Waals surface area (Å²) in [5, 5.41) is 0.599. The summed E-state index contributed by atoms with van der Waals surface area (Å²) >= 11 is 3.10. The summed E-state index contributed by atoms with van der Waals surface area (Å²) in [5.41, 5.74) is 0.696. The summed E-state index contributed by atoms with van der Waals surface area (Å²) in [6.07, 6.45) is 4.32. The van der Waals surface area contributed by atoms with Gasteiger partial charge in [-0.2, -0.15) is 0 Å². The van der Waals surface area contributed by atoms with Crippen molar-refractivity contribution in [3.63, 3.8) is 0 Å². The molecular formula is C23H26N2O4S3. The van der Waals surface area contributed by atoms with Crippen molar-refractivity contribution in [2.45, 2.75) is 41.6 Å². The van der Waals surface area contributed by atoms with Crippen molar-refractivity contribution in [1.29, 1.82) is 0 Å². The highest BCUT2D eigenvalue weighted by molar-refractivity contribution is 7.99. The van der Waals surface area contributed by atoms with E-state index in [1.807, 2.05) is 18.2 Å². The Morgan fingerprint density at radius 2 is 2.06 bits per heavy atom. The van der Waals surface area contributed by atoms with Gasteiger partial charge in [0.15, 0.2) is 15.0 Å². The molecule has 1 aliphatic rings. The Balaban J connectivity index is 1.48. The third-order valence-electron chi connectivity index (χ3n) is 5.27. The molecule has 1 amide bonds. The van der Waals surface area contributed by atoms with E-state index in [0.29, 0.717) is 23.6 Å². The fourth-order valence-corrected chi connectivity index (χ4v) is 6.21. The molecule has 170 valence electrons. The highest BCUT2D eigenvalue weighted by Gasteiger charge is 2.26. The Morgan fingerprint density at radius 1 is 1.25 bits per heavy atom. The number of nitrogens with zero attached hydrogens (tertiary/aromatic N) is 2. The highest BCUT2D eigenvalue weighted by atomic mass is 32.2. The van der Waals surface area contributed by atoms with Crippen LogP contribution in [0.1, 0.15) is 25.7 Å². The largest absolute Gasteiger partial charge is 0.376 e. The van der Waals surface area contributed by atoms with Gasteiger partial charge in [0.05, 0.1) is 27.8 Å². The first-order valence-electron chi connectivity index (χ1n) is 10.6. The van der Waals surface area contributed by atoms with Gasteiger partial charge in [0.25, 0.3) is 0 Å². The number of fused-ring (bicyclic) bond motifs is 1. The molecule has 1 fully saturated rings. The maximum absolute atomic E-state index is 13.2. The molecule has 0 saturated carbocycles. The van der Waals surface area contributed by atoms with E-state index in [4.69, 9.17) is 4.74 Å². The fraction of sp³-hybridized carbons (Fsp3) is 0.391. The fourth-order valence-electron chi connectivity index (χ4n) is 3.58. The monoisotopic (exact) mass is 490 g/mol. The number of hydrogen-bond donors (Lipinski definition) is 0. The van der Waals surface area contributed by atoms with Crippen LogP contribution in [0.2, 0.25) is 0 Å². The predicted molar refractivity (Wildman–Crippen MR) is 130 cm³/mol. The average molecular weight is 491 g/mol. The third kappa shape index (κ3) is 5.89. The third-order valence-corrected chi connectivity index (χ3v) is 8.52. The van der Waals surface area contributed by atoms with Gasteiger partial charge in [-0.3, -0.25) is 9.69 Å². The second-order valence-electron chi connectivity index (χ2n) is 7.80. The van der Waals surface area contributed by atoms with Crippen LogP contribution in [0.15, 0.2) is 58.3 Å². The van der Waals surface area contributed by atoms with Crippen molar-refractivity contribution >= 4 is 54.2 Å². The Labute approximate surface area is 196 Å². The van der Waals surface area contributed by atoms with E-state index in [1.54, 1.807) is 34.9 Å². The molecule has 0 spiro atoms. The van der Waals surface area contributed by atoms with E-state index in [-0.39, 0.29) is 16.9 Å². The molecule has 32 heavy (non-hydrogen) atoms. The number of ether oxygens (including phenoxy) is 1. The number of carbonyl (C=O) groups is 1. The van der Waals surface area contributed by atoms with Gasteiger partial charge in [-0.05, 0) is 55.3 Å². The van der Waals surface area contributed by atoms with Gasteiger partial charge in [-0.15, -0.1) is 11.8 Å². The summed E-state index contributed by atoms with van der Waals surface area (Å²) in [7, 11) is -3.30. The standard InChI is InChI=1S/C23H26N2O4S3/c1-32(27,28)19-11-12-20-21(15-19)31-23(24-20)25(16-17-7-5-13-29-17)22(26)10-6-14-30-18-8-3-2-4-9-18/h2-4,8-9,11-12,15,17H,5-7,10,13-14,16H2,1H3. The van der Waals surface area contributed by atoms with E-state index in [0.717, 1.165) is 36.3 Å². The van der Waals surface area contributed by atoms with Gasteiger partial charge >= 0.3 is 0 Å².